The standard InChI is InChI=1S/C35H47N7O4Si/c1-33(2,3)46-32(43)42-21-35(7,22-45-47(10,11)34(4,5)6)26-16-24(18-37-30(26)42)27-14-15-36-31(39-27)40-28-13-12-23(17-29(28)44-9)25-19-38-41(8)20-25/h12-20H,21-22H2,1-11H3,(H,36,39,40). The number of ether oxygens (including phenoxy) is 2. The Bertz CT molecular complexity index is 1780. The van der Waals surface area contributed by atoms with Gasteiger partial charge in [0.15, 0.2) is 8.32 Å². The first-order chi connectivity index (χ1) is 21.9. The van der Waals surface area contributed by atoms with E-state index in [1.165, 1.54) is 0 Å². The van der Waals surface area contributed by atoms with E-state index in [1.807, 2.05) is 64.5 Å². The number of amides is 1. The summed E-state index contributed by atoms with van der Waals surface area (Å²) in [6, 6.07) is 9.81. The van der Waals surface area contributed by atoms with Crippen LogP contribution < -0.4 is 15.0 Å². The van der Waals surface area contributed by atoms with Gasteiger partial charge in [-0.05, 0) is 68.7 Å². The SMILES string of the molecule is COc1cc(-c2cnn(C)c2)ccc1Nc1nccc(-c2cnc3c(c2)C(C)(CO[Si](C)(C)C(C)(C)C)CN3C(=O)OC(C)(C)C)n1. The molecule has 1 aliphatic rings. The van der Waals surface area contributed by atoms with Gasteiger partial charge in [-0.1, -0.05) is 33.8 Å². The Morgan fingerprint density at radius 2 is 1.77 bits per heavy atom. The van der Waals surface area contributed by atoms with Crippen molar-refractivity contribution in [1.29, 1.82) is 0 Å². The number of pyridine rings is 1. The van der Waals surface area contributed by atoms with Crippen LogP contribution in [0, 0.1) is 0 Å². The first-order valence-electron chi connectivity index (χ1n) is 15.8. The molecule has 0 saturated heterocycles. The normalized spacial score (nSPS) is 16.6. The Balaban J connectivity index is 1.46. The fraction of sp³-hybridized carbons (Fsp3) is 0.457. The van der Waals surface area contributed by atoms with Crippen molar-refractivity contribution in [3.63, 3.8) is 0 Å². The number of methoxy groups -OCH3 is 1. The highest BCUT2D eigenvalue weighted by molar-refractivity contribution is 6.74. The quantitative estimate of drug-likeness (QED) is 0.190. The van der Waals surface area contributed by atoms with E-state index < -0.39 is 25.4 Å². The molecular formula is C35H47N7O4Si. The van der Waals surface area contributed by atoms with Gasteiger partial charge in [-0.15, -0.1) is 0 Å². The number of rotatable bonds is 8. The molecule has 4 aromatic rings. The molecule has 0 fully saturated rings. The Morgan fingerprint density at radius 3 is 2.40 bits per heavy atom. The highest BCUT2D eigenvalue weighted by atomic mass is 28.4. The molecule has 1 aromatic carbocycles. The lowest BCUT2D eigenvalue weighted by molar-refractivity contribution is 0.0574. The maximum Gasteiger partial charge on any atom is 0.416 e. The molecular weight excluding hydrogens is 611 g/mol. The van der Waals surface area contributed by atoms with Gasteiger partial charge in [0.1, 0.15) is 17.2 Å². The van der Waals surface area contributed by atoms with Crippen molar-refractivity contribution in [2.24, 2.45) is 7.05 Å². The highest BCUT2D eigenvalue weighted by Crippen LogP contribution is 2.44. The average molecular weight is 658 g/mol. The van der Waals surface area contributed by atoms with Crippen LogP contribution in [0.4, 0.5) is 22.2 Å². The smallest absolute Gasteiger partial charge is 0.416 e. The van der Waals surface area contributed by atoms with E-state index in [-0.39, 0.29) is 5.04 Å². The maximum absolute atomic E-state index is 13.4. The van der Waals surface area contributed by atoms with Gasteiger partial charge in [0, 0.05) is 60.9 Å². The maximum atomic E-state index is 13.4. The number of anilines is 3. The van der Waals surface area contributed by atoms with E-state index >= 15 is 0 Å². The molecule has 11 nitrogen and oxygen atoms in total. The lowest BCUT2D eigenvalue weighted by Crippen LogP contribution is -2.46. The molecule has 1 unspecified atom stereocenters. The number of benzene rings is 1. The van der Waals surface area contributed by atoms with Crippen LogP contribution in [0.2, 0.25) is 18.1 Å². The van der Waals surface area contributed by atoms with Crippen LogP contribution in [0.15, 0.2) is 55.1 Å². The lowest BCUT2D eigenvalue weighted by Gasteiger charge is -2.39. The van der Waals surface area contributed by atoms with Crippen LogP contribution in [-0.2, 0) is 21.6 Å². The van der Waals surface area contributed by atoms with Crippen molar-refractivity contribution < 1.29 is 18.7 Å². The predicted octanol–water partition coefficient (Wildman–Crippen LogP) is 7.73. The zero-order valence-electron chi connectivity index (χ0n) is 29.4. The van der Waals surface area contributed by atoms with Crippen molar-refractivity contribution >= 4 is 31.9 Å². The van der Waals surface area contributed by atoms with Gasteiger partial charge in [-0.25, -0.2) is 19.7 Å². The summed E-state index contributed by atoms with van der Waals surface area (Å²) in [5.41, 5.74) is 3.97. The van der Waals surface area contributed by atoms with Crippen molar-refractivity contribution in [2.45, 2.75) is 77.6 Å². The number of hydrogen-bond donors (Lipinski definition) is 1. The monoisotopic (exact) mass is 657 g/mol. The van der Waals surface area contributed by atoms with Gasteiger partial charge >= 0.3 is 6.09 Å². The van der Waals surface area contributed by atoms with E-state index in [1.54, 1.807) is 29.1 Å². The topological polar surface area (TPSA) is 117 Å². The number of nitrogens with one attached hydrogen (secondary N) is 1. The predicted molar refractivity (Wildman–Crippen MR) is 188 cm³/mol. The number of aromatic nitrogens is 5. The summed E-state index contributed by atoms with van der Waals surface area (Å²) in [6.45, 7) is 19.7. The van der Waals surface area contributed by atoms with E-state index in [0.717, 1.165) is 27.9 Å². The summed E-state index contributed by atoms with van der Waals surface area (Å²) >= 11 is 0. The molecule has 1 amide bonds. The van der Waals surface area contributed by atoms with Crippen molar-refractivity contribution in [3.05, 3.63) is 60.7 Å². The molecule has 1 aliphatic heterocycles. The molecule has 0 bridgehead atoms. The number of nitrogens with zero attached hydrogens (tertiary/aromatic N) is 6. The average Bonchev–Trinajstić information content (AvgIpc) is 3.56. The minimum Gasteiger partial charge on any atom is -0.495 e. The Hall–Kier alpha value is -4.29. The number of hydrogen-bond acceptors (Lipinski definition) is 9. The van der Waals surface area contributed by atoms with Gasteiger partial charge < -0.3 is 19.2 Å². The Morgan fingerprint density at radius 1 is 1.02 bits per heavy atom. The number of carbonyl (C=O) groups excluding carboxylic acids is 1. The first-order valence-corrected chi connectivity index (χ1v) is 18.7. The molecule has 1 N–H and O–H groups in total. The van der Waals surface area contributed by atoms with Crippen LogP contribution in [0.1, 0.15) is 54.0 Å². The van der Waals surface area contributed by atoms with Crippen LogP contribution in [0.25, 0.3) is 22.4 Å². The Labute approximate surface area is 278 Å². The fourth-order valence-electron chi connectivity index (χ4n) is 5.16. The number of fused-ring (bicyclic) bond motifs is 1. The van der Waals surface area contributed by atoms with Gasteiger partial charge in [-0.3, -0.25) is 9.58 Å². The van der Waals surface area contributed by atoms with Crippen molar-refractivity contribution in [1.82, 2.24) is 24.7 Å². The fourth-order valence-corrected chi connectivity index (χ4v) is 6.27. The van der Waals surface area contributed by atoms with E-state index in [2.05, 4.69) is 62.3 Å². The zero-order chi connectivity index (χ0) is 34.4. The first kappa shape index (κ1) is 34.1. The summed E-state index contributed by atoms with van der Waals surface area (Å²) in [6.07, 6.45) is 6.80. The van der Waals surface area contributed by atoms with Crippen LogP contribution in [-0.4, -0.2) is 65.0 Å². The summed E-state index contributed by atoms with van der Waals surface area (Å²) in [5.74, 6) is 1.64. The summed E-state index contributed by atoms with van der Waals surface area (Å²) in [4.78, 5) is 29.1. The molecule has 250 valence electrons. The molecule has 4 heterocycles. The van der Waals surface area contributed by atoms with E-state index in [9.17, 15) is 4.79 Å². The second-order valence-corrected chi connectivity index (χ2v) is 19.8. The molecule has 5 rings (SSSR count). The molecule has 0 aliphatic carbocycles. The summed E-state index contributed by atoms with van der Waals surface area (Å²) < 4.78 is 20.0. The molecule has 12 heteroatoms. The zero-order valence-corrected chi connectivity index (χ0v) is 30.4. The van der Waals surface area contributed by atoms with Crippen LogP contribution >= 0.6 is 0 Å². The van der Waals surface area contributed by atoms with Crippen LogP contribution in [0.5, 0.6) is 5.75 Å². The van der Waals surface area contributed by atoms with E-state index in [0.29, 0.717) is 36.4 Å². The second kappa shape index (κ2) is 12.4. The van der Waals surface area contributed by atoms with Crippen LogP contribution in [0.3, 0.4) is 0 Å². The molecule has 0 saturated carbocycles. The van der Waals surface area contributed by atoms with E-state index in [4.69, 9.17) is 23.9 Å². The minimum atomic E-state index is -2.08. The van der Waals surface area contributed by atoms with Crippen molar-refractivity contribution in [2.75, 3.05) is 30.5 Å². The molecule has 47 heavy (non-hydrogen) atoms. The third-order valence-corrected chi connectivity index (χ3v) is 13.4. The Kier molecular flexibility index (Phi) is 8.97. The third kappa shape index (κ3) is 7.33. The largest absolute Gasteiger partial charge is 0.495 e. The number of aryl methyl sites for hydroxylation is 1. The van der Waals surface area contributed by atoms with Crippen molar-refractivity contribution in [3.8, 4) is 28.1 Å². The van der Waals surface area contributed by atoms with Gasteiger partial charge in [0.25, 0.3) is 0 Å². The van der Waals surface area contributed by atoms with Gasteiger partial charge in [-0.2, -0.15) is 5.10 Å². The molecule has 3 aromatic heterocycles. The number of carbonyl (C=O) groups is 1. The lowest BCUT2D eigenvalue weighted by atomic mass is 9.85. The summed E-state index contributed by atoms with van der Waals surface area (Å²) in [7, 11) is 1.44. The third-order valence-electron chi connectivity index (χ3n) is 8.89. The highest BCUT2D eigenvalue weighted by Gasteiger charge is 2.47. The van der Waals surface area contributed by atoms with Gasteiger partial charge in [0.05, 0.1) is 24.7 Å². The second-order valence-electron chi connectivity index (χ2n) is 15.0. The molecule has 0 radical (unpaired) electrons. The molecule has 0 spiro atoms. The minimum absolute atomic E-state index is 0.0435. The summed E-state index contributed by atoms with van der Waals surface area (Å²) in [5, 5.41) is 7.62. The van der Waals surface area contributed by atoms with Gasteiger partial charge in [0.2, 0.25) is 5.95 Å². The molecule has 1 atom stereocenters.